The van der Waals surface area contributed by atoms with Gasteiger partial charge in [0.1, 0.15) is 5.69 Å². The Balaban J connectivity index is 1.57. The summed E-state index contributed by atoms with van der Waals surface area (Å²) in [6.45, 7) is 0. The molecule has 5 nitrogen and oxygen atoms in total. The molecule has 120 valence electrons. The molecule has 1 N–H and O–H groups in total. The molecule has 3 heterocycles. The number of furan rings is 1. The summed E-state index contributed by atoms with van der Waals surface area (Å²) >= 11 is 7.27. The number of rotatable bonds is 3. The number of anilines is 1. The van der Waals surface area contributed by atoms with Gasteiger partial charge in [0.15, 0.2) is 10.7 Å². The highest BCUT2D eigenvalue weighted by atomic mass is 35.5. The molecule has 0 radical (unpaired) electrons. The lowest BCUT2D eigenvalue weighted by Crippen LogP contribution is -2.15. The fourth-order valence-corrected chi connectivity index (χ4v) is 3.35. The lowest BCUT2D eigenvalue weighted by Gasteiger charge is -2.03. The van der Waals surface area contributed by atoms with E-state index in [1.807, 2.05) is 42.8 Å². The number of hydrogen-bond donors (Lipinski definition) is 1. The van der Waals surface area contributed by atoms with Crippen molar-refractivity contribution in [1.29, 1.82) is 0 Å². The van der Waals surface area contributed by atoms with Crippen molar-refractivity contribution in [1.82, 2.24) is 9.55 Å². The van der Waals surface area contributed by atoms with Crippen LogP contribution in [0.2, 0.25) is 5.02 Å². The molecule has 1 aromatic carbocycles. The smallest absolute Gasteiger partial charge is 0.274 e. The number of benzene rings is 1. The molecule has 0 aliphatic heterocycles. The molecule has 0 fully saturated rings. The third kappa shape index (κ3) is 2.60. The maximum Gasteiger partial charge on any atom is 0.274 e. The number of aryl methyl sites for hydroxylation is 1. The Morgan fingerprint density at radius 3 is 2.83 bits per heavy atom. The van der Waals surface area contributed by atoms with E-state index in [0.29, 0.717) is 21.4 Å². The molecule has 0 aliphatic carbocycles. The molecule has 3 aromatic heterocycles. The minimum Gasteiger partial charge on any atom is -0.463 e. The van der Waals surface area contributed by atoms with Crippen LogP contribution in [-0.2, 0) is 7.05 Å². The van der Waals surface area contributed by atoms with Crippen LogP contribution in [0.1, 0.15) is 10.5 Å². The quantitative estimate of drug-likeness (QED) is 0.573. The van der Waals surface area contributed by atoms with Crippen LogP contribution in [0.5, 0.6) is 0 Å². The van der Waals surface area contributed by atoms with Gasteiger partial charge in [0.25, 0.3) is 5.91 Å². The summed E-state index contributed by atoms with van der Waals surface area (Å²) in [5, 5.41) is 5.95. The minimum atomic E-state index is -0.221. The van der Waals surface area contributed by atoms with Crippen molar-refractivity contribution in [3.05, 3.63) is 58.8 Å². The van der Waals surface area contributed by atoms with Gasteiger partial charge in [-0.1, -0.05) is 23.7 Å². The average molecular weight is 358 g/mol. The van der Waals surface area contributed by atoms with E-state index in [9.17, 15) is 4.79 Å². The van der Waals surface area contributed by atoms with Crippen LogP contribution in [0.25, 0.3) is 22.4 Å². The van der Waals surface area contributed by atoms with E-state index in [4.69, 9.17) is 16.0 Å². The van der Waals surface area contributed by atoms with Crippen molar-refractivity contribution in [2.24, 2.45) is 7.05 Å². The number of nitrogens with one attached hydrogen (secondary N) is 1. The third-order valence-corrected chi connectivity index (χ3v) is 4.77. The molecule has 1 amide bonds. The van der Waals surface area contributed by atoms with Crippen molar-refractivity contribution in [3.8, 4) is 11.3 Å². The van der Waals surface area contributed by atoms with Gasteiger partial charge in [-0.2, -0.15) is 0 Å². The summed E-state index contributed by atoms with van der Waals surface area (Å²) in [6, 6.07) is 11.0. The molecular formula is C17H12ClN3O2S. The number of amides is 1. The SMILES string of the molecule is Cn1c(C(=O)Nc2nc(-c3ccc(Cl)cc3)cs2)cc2occc21. The first-order valence-corrected chi connectivity index (χ1v) is 8.43. The number of hydrogen-bond acceptors (Lipinski definition) is 4. The summed E-state index contributed by atoms with van der Waals surface area (Å²) in [7, 11) is 1.83. The van der Waals surface area contributed by atoms with Crippen LogP contribution >= 0.6 is 22.9 Å². The number of nitrogens with zero attached hydrogens (tertiary/aromatic N) is 2. The zero-order valence-electron chi connectivity index (χ0n) is 12.6. The fourth-order valence-electron chi connectivity index (χ4n) is 2.51. The predicted molar refractivity (Wildman–Crippen MR) is 95.7 cm³/mol. The Hall–Kier alpha value is -2.57. The molecule has 0 atom stereocenters. The average Bonchev–Trinajstić information content (AvgIpc) is 3.26. The summed E-state index contributed by atoms with van der Waals surface area (Å²) in [4.78, 5) is 16.9. The topological polar surface area (TPSA) is 60.1 Å². The summed E-state index contributed by atoms with van der Waals surface area (Å²) in [5.74, 6) is -0.221. The van der Waals surface area contributed by atoms with Gasteiger partial charge >= 0.3 is 0 Å². The van der Waals surface area contributed by atoms with Gasteiger partial charge in [-0.25, -0.2) is 4.98 Å². The van der Waals surface area contributed by atoms with Gasteiger partial charge in [0, 0.05) is 35.1 Å². The lowest BCUT2D eigenvalue weighted by atomic mass is 10.2. The summed E-state index contributed by atoms with van der Waals surface area (Å²) in [6.07, 6.45) is 1.60. The van der Waals surface area contributed by atoms with Gasteiger partial charge in [0.05, 0.1) is 17.5 Å². The number of halogens is 1. The molecule has 0 aliphatic rings. The van der Waals surface area contributed by atoms with Gasteiger partial charge in [-0.3, -0.25) is 10.1 Å². The highest BCUT2D eigenvalue weighted by molar-refractivity contribution is 7.14. The number of thiazole rings is 1. The van der Waals surface area contributed by atoms with Crippen LogP contribution in [0.15, 0.2) is 52.5 Å². The molecule has 24 heavy (non-hydrogen) atoms. The van der Waals surface area contributed by atoms with E-state index in [2.05, 4.69) is 10.3 Å². The van der Waals surface area contributed by atoms with E-state index in [1.165, 1.54) is 11.3 Å². The minimum absolute atomic E-state index is 0.221. The molecule has 0 saturated carbocycles. The van der Waals surface area contributed by atoms with Crippen molar-refractivity contribution in [3.63, 3.8) is 0 Å². The molecule has 7 heteroatoms. The molecule has 4 rings (SSSR count). The largest absolute Gasteiger partial charge is 0.463 e. The molecule has 0 saturated heterocycles. The van der Waals surface area contributed by atoms with E-state index in [1.54, 1.807) is 16.9 Å². The van der Waals surface area contributed by atoms with Crippen LogP contribution in [0, 0.1) is 0 Å². The number of fused-ring (bicyclic) bond motifs is 1. The zero-order valence-corrected chi connectivity index (χ0v) is 14.2. The number of carbonyl (C=O) groups excluding carboxylic acids is 1. The maximum atomic E-state index is 12.5. The van der Waals surface area contributed by atoms with E-state index in [-0.39, 0.29) is 5.91 Å². The van der Waals surface area contributed by atoms with Crippen LogP contribution in [0.4, 0.5) is 5.13 Å². The second-order valence-electron chi connectivity index (χ2n) is 5.26. The van der Waals surface area contributed by atoms with E-state index >= 15 is 0 Å². The first-order chi connectivity index (χ1) is 11.6. The Bertz CT molecular complexity index is 1030. The van der Waals surface area contributed by atoms with Crippen molar-refractivity contribution >= 4 is 45.1 Å². The van der Waals surface area contributed by atoms with Crippen LogP contribution in [-0.4, -0.2) is 15.5 Å². The molecule has 0 spiro atoms. The van der Waals surface area contributed by atoms with Crippen molar-refractivity contribution in [2.45, 2.75) is 0 Å². The Kier molecular flexibility index (Phi) is 3.63. The normalized spacial score (nSPS) is 11.1. The van der Waals surface area contributed by atoms with Crippen molar-refractivity contribution < 1.29 is 9.21 Å². The number of carbonyl (C=O) groups is 1. The second-order valence-corrected chi connectivity index (χ2v) is 6.55. The monoisotopic (exact) mass is 357 g/mol. The lowest BCUT2D eigenvalue weighted by molar-refractivity contribution is 0.101. The fraction of sp³-hybridized carbons (Fsp3) is 0.0588. The predicted octanol–water partition coefficient (Wildman–Crippen LogP) is 4.80. The second kappa shape index (κ2) is 5.81. The first kappa shape index (κ1) is 15.0. The molecule has 0 bridgehead atoms. The standard InChI is InChI=1S/C17H12ClN3O2S/c1-21-13-6-7-23-15(13)8-14(21)16(22)20-17-19-12(9-24-17)10-2-4-11(18)5-3-10/h2-9H,1H3,(H,19,20,22). The molecule has 4 aromatic rings. The summed E-state index contributed by atoms with van der Waals surface area (Å²) in [5.41, 5.74) is 3.83. The summed E-state index contributed by atoms with van der Waals surface area (Å²) < 4.78 is 7.12. The maximum absolute atomic E-state index is 12.5. The van der Waals surface area contributed by atoms with Crippen LogP contribution in [0.3, 0.4) is 0 Å². The highest BCUT2D eigenvalue weighted by Gasteiger charge is 2.16. The number of aromatic nitrogens is 2. The van der Waals surface area contributed by atoms with Crippen LogP contribution < -0.4 is 5.32 Å². The van der Waals surface area contributed by atoms with E-state index in [0.717, 1.165) is 16.8 Å². The first-order valence-electron chi connectivity index (χ1n) is 7.17. The van der Waals surface area contributed by atoms with Gasteiger partial charge in [-0.05, 0) is 12.1 Å². The van der Waals surface area contributed by atoms with Gasteiger partial charge < -0.3 is 8.98 Å². The Labute approximate surface area is 146 Å². The molecular weight excluding hydrogens is 346 g/mol. The van der Waals surface area contributed by atoms with E-state index < -0.39 is 0 Å². The molecule has 0 unspecified atom stereocenters. The van der Waals surface area contributed by atoms with Crippen molar-refractivity contribution in [2.75, 3.05) is 5.32 Å². The zero-order chi connectivity index (χ0) is 16.7. The Morgan fingerprint density at radius 2 is 2.08 bits per heavy atom. The third-order valence-electron chi connectivity index (χ3n) is 3.76. The highest BCUT2D eigenvalue weighted by Crippen LogP contribution is 2.27. The Morgan fingerprint density at radius 1 is 1.29 bits per heavy atom. The van der Waals surface area contributed by atoms with Gasteiger partial charge in [-0.15, -0.1) is 11.3 Å². The van der Waals surface area contributed by atoms with Gasteiger partial charge in [0.2, 0.25) is 0 Å².